The molecule has 0 N–H and O–H groups in total. The molecule has 0 aliphatic carbocycles. The Labute approximate surface area is 208 Å². The van der Waals surface area contributed by atoms with Crippen molar-refractivity contribution in [3.05, 3.63) is 100 Å². The summed E-state index contributed by atoms with van der Waals surface area (Å²) in [6, 6.07) is 18.6. The van der Waals surface area contributed by atoms with Crippen molar-refractivity contribution in [2.45, 2.75) is 12.7 Å². The maximum atomic E-state index is 13.6. The van der Waals surface area contributed by atoms with E-state index in [-0.39, 0.29) is 17.6 Å². The first kappa shape index (κ1) is 25.1. The Bertz CT molecular complexity index is 1150. The van der Waals surface area contributed by atoms with Crippen LogP contribution in [0.1, 0.15) is 27.6 Å². The summed E-state index contributed by atoms with van der Waals surface area (Å²) in [4.78, 5) is 16.6. The average molecular weight is 501 g/mol. The third kappa shape index (κ3) is 6.57. The van der Waals surface area contributed by atoms with Crippen molar-refractivity contribution in [3.8, 4) is 5.75 Å². The molecule has 1 amide bonds. The molecule has 0 bridgehead atoms. The normalized spacial score (nSPS) is 15.1. The number of methoxy groups -OCH3 is 1. The summed E-state index contributed by atoms with van der Waals surface area (Å²) in [5, 5.41) is 0.657. The Hall–Kier alpha value is -3.00. The molecule has 1 fully saturated rings. The lowest BCUT2D eigenvalue weighted by atomic mass is 10.1. The molecule has 8 heteroatoms. The molecule has 1 saturated heterocycles. The number of carbonyl (C=O) groups is 1. The van der Waals surface area contributed by atoms with Crippen molar-refractivity contribution in [1.82, 2.24) is 9.80 Å². The van der Waals surface area contributed by atoms with Crippen LogP contribution in [0.3, 0.4) is 0 Å². The topological polar surface area (TPSA) is 42.0 Å². The fourth-order valence-electron chi connectivity index (χ4n) is 4.07. The molecule has 35 heavy (non-hydrogen) atoms. The highest BCUT2D eigenvalue weighted by molar-refractivity contribution is 6.30. The van der Waals surface area contributed by atoms with E-state index in [1.165, 1.54) is 6.07 Å². The molecular formula is C27H27ClF2N2O3. The molecular weight excluding hydrogens is 474 g/mol. The van der Waals surface area contributed by atoms with Gasteiger partial charge in [-0.1, -0.05) is 35.9 Å². The fraction of sp³-hybridized carbons (Fsp3) is 0.296. The van der Waals surface area contributed by atoms with Gasteiger partial charge in [0.15, 0.2) is 11.6 Å². The number of halogens is 3. The van der Waals surface area contributed by atoms with Crippen LogP contribution >= 0.6 is 11.6 Å². The van der Waals surface area contributed by atoms with Gasteiger partial charge >= 0.3 is 0 Å². The van der Waals surface area contributed by atoms with E-state index in [0.29, 0.717) is 44.4 Å². The van der Waals surface area contributed by atoms with Crippen LogP contribution in [0.5, 0.6) is 5.75 Å². The van der Waals surface area contributed by atoms with Gasteiger partial charge in [0.25, 0.3) is 5.91 Å². The predicted octanol–water partition coefficient (Wildman–Crippen LogP) is 5.34. The first-order chi connectivity index (χ1) is 16.9. The van der Waals surface area contributed by atoms with Crippen molar-refractivity contribution >= 4 is 17.5 Å². The largest absolute Gasteiger partial charge is 0.497 e. The van der Waals surface area contributed by atoms with E-state index in [0.717, 1.165) is 29.0 Å². The van der Waals surface area contributed by atoms with E-state index >= 15 is 0 Å². The first-order valence-electron chi connectivity index (χ1n) is 11.4. The summed E-state index contributed by atoms with van der Waals surface area (Å²) in [5.41, 5.74) is 2.17. The second-order valence-corrected chi connectivity index (χ2v) is 8.86. The standard InChI is InChI=1S/C27H27ClF2N2O3/c1-34-23-4-2-3-19(15-23)18-35-26(20-5-8-22(28)9-6-20)17-31-11-13-32(14-12-31)27(33)21-7-10-24(29)25(30)16-21/h2-10,15-16,26H,11-14,17-18H2,1H3/t26-/m0/s1. The Morgan fingerprint density at radius 3 is 2.40 bits per heavy atom. The van der Waals surface area contributed by atoms with Crippen LogP contribution < -0.4 is 4.74 Å². The van der Waals surface area contributed by atoms with Crippen LogP contribution in [0.25, 0.3) is 0 Å². The van der Waals surface area contributed by atoms with Gasteiger partial charge in [-0.2, -0.15) is 0 Å². The van der Waals surface area contributed by atoms with Gasteiger partial charge in [0.1, 0.15) is 5.75 Å². The number of nitrogens with zero attached hydrogens (tertiary/aromatic N) is 2. The molecule has 4 rings (SSSR count). The van der Waals surface area contributed by atoms with Crippen LogP contribution in [0.15, 0.2) is 66.7 Å². The SMILES string of the molecule is COc1cccc(CO[C@@H](CN2CCN(C(=O)c3ccc(F)c(F)c3)CC2)c2ccc(Cl)cc2)c1. The zero-order chi connectivity index (χ0) is 24.8. The van der Waals surface area contributed by atoms with Gasteiger partial charge in [0, 0.05) is 43.3 Å². The quantitative estimate of drug-likeness (QED) is 0.418. The first-order valence-corrected chi connectivity index (χ1v) is 11.8. The smallest absolute Gasteiger partial charge is 0.254 e. The highest BCUT2D eigenvalue weighted by atomic mass is 35.5. The average Bonchev–Trinajstić information content (AvgIpc) is 2.89. The van der Waals surface area contributed by atoms with Crippen LogP contribution in [-0.4, -0.2) is 55.5 Å². The summed E-state index contributed by atoms with van der Waals surface area (Å²) in [7, 11) is 1.63. The van der Waals surface area contributed by atoms with Gasteiger partial charge in [-0.25, -0.2) is 8.78 Å². The van der Waals surface area contributed by atoms with Gasteiger partial charge in [-0.15, -0.1) is 0 Å². The lowest BCUT2D eigenvalue weighted by Crippen LogP contribution is -2.49. The van der Waals surface area contributed by atoms with Crippen molar-refractivity contribution in [2.24, 2.45) is 0 Å². The molecule has 0 unspecified atom stereocenters. The number of hydrogen-bond acceptors (Lipinski definition) is 4. The number of amides is 1. The molecule has 0 aromatic heterocycles. The van der Waals surface area contributed by atoms with Gasteiger partial charge in [-0.05, 0) is 53.6 Å². The number of piperazine rings is 1. The van der Waals surface area contributed by atoms with Crippen molar-refractivity contribution in [1.29, 1.82) is 0 Å². The van der Waals surface area contributed by atoms with Gasteiger partial charge in [0.05, 0.1) is 19.8 Å². The zero-order valence-electron chi connectivity index (χ0n) is 19.4. The van der Waals surface area contributed by atoms with E-state index in [1.807, 2.05) is 48.5 Å². The van der Waals surface area contributed by atoms with Crippen LogP contribution in [0.4, 0.5) is 8.78 Å². The maximum Gasteiger partial charge on any atom is 0.254 e. The molecule has 5 nitrogen and oxygen atoms in total. The van der Waals surface area contributed by atoms with Crippen LogP contribution in [0, 0.1) is 11.6 Å². The number of carbonyl (C=O) groups excluding carboxylic acids is 1. The number of rotatable bonds is 8. The molecule has 184 valence electrons. The molecule has 1 atom stereocenters. The molecule has 1 aliphatic heterocycles. The minimum absolute atomic E-state index is 0.151. The third-order valence-electron chi connectivity index (χ3n) is 6.08. The highest BCUT2D eigenvalue weighted by Gasteiger charge is 2.25. The molecule has 3 aromatic rings. The molecule has 0 radical (unpaired) electrons. The predicted molar refractivity (Wildman–Crippen MR) is 131 cm³/mol. The van der Waals surface area contributed by atoms with E-state index in [2.05, 4.69) is 4.90 Å². The number of hydrogen-bond donors (Lipinski definition) is 0. The Kier molecular flexibility index (Phi) is 8.33. The van der Waals surface area contributed by atoms with E-state index in [4.69, 9.17) is 21.1 Å². The highest BCUT2D eigenvalue weighted by Crippen LogP contribution is 2.24. The van der Waals surface area contributed by atoms with Crippen molar-refractivity contribution < 1.29 is 23.0 Å². The second-order valence-electron chi connectivity index (χ2n) is 8.42. The number of ether oxygens (including phenoxy) is 2. The Balaban J connectivity index is 1.39. The molecule has 1 aliphatic rings. The summed E-state index contributed by atoms with van der Waals surface area (Å²) in [6.45, 7) is 3.31. The zero-order valence-corrected chi connectivity index (χ0v) is 20.2. The fourth-order valence-corrected chi connectivity index (χ4v) is 4.20. The second kappa shape index (κ2) is 11.6. The molecule has 0 spiro atoms. The lowest BCUT2D eigenvalue weighted by molar-refractivity contribution is 0.00337. The third-order valence-corrected chi connectivity index (χ3v) is 6.33. The molecule has 3 aromatic carbocycles. The molecule has 0 saturated carbocycles. The Morgan fingerprint density at radius 1 is 0.971 bits per heavy atom. The van der Waals surface area contributed by atoms with E-state index in [9.17, 15) is 13.6 Å². The van der Waals surface area contributed by atoms with Crippen LogP contribution in [-0.2, 0) is 11.3 Å². The summed E-state index contributed by atoms with van der Waals surface area (Å²) in [5.74, 6) is -1.51. The minimum Gasteiger partial charge on any atom is -0.497 e. The van der Waals surface area contributed by atoms with E-state index in [1.54, 1.807) is 12.0 Å². The summed E-state index contributed by atoms with van der Waals surface area (Å²) >= 11 is 6.08. The number of benzene rings is 3. The Morgan fingerprint density at radius 2 is 1.71 bits per heavy atom. The summed E-state index contributed by atoms with van der Waals surface area (Å²) in [6.07, 6.45) is -0.202. The van der Waals surface area contributed by atoms with E-state index < -0.39 is 11.6 Å². The molecule has 1 heterocycles. The monoisotopic (exact) mass is 500 g/mol. The lowest BCUT2D eigenvalue weighted by Gasteiger charge is -2.36. The summed E-state index contributed by atoms with van der Waals surface area (Å²) < 4.78 is 38.4. The maximum absolute atomic E-state index is 13.6. The van der Waals surface area contributed by atoms with Crippen molar-refractivity contribution in [3.63, 3.8) is 0 Å². The van der Waals surface area contributed by atoms with Crippen LogP contribution in [0.2, 0.25) is 5.02 Å². The van der Waals surface area contributed by atoms with Crippen molar-refractivity contribution in [2.75, 3.05) is 39.8 Å². The van der Waals surface area contributed by atoms with Gasteiger partial charge < -0.3 is 14.4 Å². The minimum atomic E-state index is -1.02. The van der Waals surface area contributed by atoms with Gasteiger partial charge in [-0.3, -0.25) is 9.69 Å². The van der Waals surface area contributed by atoms with Gasteiger partial charge in [0.2, 0.25) is 0 Å².